The summed E-state index contributed by atoms with van der Waals surface area (Å²) in [5.74, 6) is -1.54. The summed E-state index contributed by atoms with van der Waals surface area (Å²) in [5.41, 5.74) is 3.40. The molecule has 0 radical (unpaired) electrons. The fraction of sp³-hybridized carbons (Fsp3) is 0.381. The summed E-state index contributed by atoms with van der Waals surface area (Å²) >= 11 is 0. The molecule has 14 nitrogen and oxygen atoms in total. The van der Waals surface area contributed by atoms with Crippen LogP contribution in [0.25, 0.3) is 0 Å². The Kier molecular flexibility index (Phi) is 14.9. The lowest BCUT2D eigenvalue weighted by molar-refractivity contribution is -0.333. The average molecular weight is 774 g/mol. The number of ether oxygens (including phenoxy) is 8. The van der Waals surface area contributed by atoms with Crippen LogP contribution in [0.4, 0.5) is 4.79 Å². The number of aliphatic carboxylic acids is 1. The molecule has 2 heterocycles. The molecular weight excluding hydrogens is 726 g/mol. The number of methoxy groups -OCH3 is 1. The van der Waals surface area contributed by atoms with Crippen LogP contribution >= 0.6 is 0 Å². The number of amides is 1. The van der Waals surface area contributed by atoms with E-state index in [-0.39, 0.29) is 33.0 Å². The van der Waals surface area contributed by atoms with E-state index in [1.165, 1.54) is 7.11 Å². The summed E-state index contributed by atoms with van der Waals surface area (Å²) < 4.78 is 49.1. The Hall–Kier alpha value is -4.74. The van der Waals surface area contributed by atoms with Crippen molar-refractivity contribution < 1.29 is 62.8 Å². The quantitative estimate of drug-likeness (QED) is 0.121. The second-order valence-electron chi connectivity index (χ2n) is 13.4. The van der Waals surface area contributed by atoms with E-state index in [0.717, 1.165) is 16.7 Å². The zero-order valence-electron chi connectivity index (χ0n) is 30.8. The van der Waals surface area contributed by atoms with Crippen molar-refractivity contribution in [1.29, 1.82) is 0 Å². The van der Waals surface area contributed by atoms with Gasteiger partial charge in [-0.2, -0.15) is 0 Å². The molecule has 4 N–H and O–H groups in total. The zero-order chi connectivity index (χ0) is 39.3. The van der Waals surface area contributed by atoms with Gasteiger partial charge in [-0.1, -0.05) is 121 Å². The van der Waals surface area contributed by atoms with Gasteiger partial charge in [0.25, 0.3) is 0 Å². The molecule has 0 bridgehead atoms. The predicted molar refractivity (Wildman–Crippen MR) is 199 cm³/mol. The van der Waals surface area contributed by atoms with Gasteiger partial charge in [-0.05, 0) is 22.3 Å². The van der Waals surface area contributed by atoms with Gasteiger partial charge in [0, 0.05) is 7.11 Å². The van der Waals surface area contributed by atoms with E-state index in [1.54, 1.807) is 24.3 Å². The number of hydrogen-bond acceptors (Lipinski definition) is 12. The SMILES string of the molecule is CO[C@H]1O[C@H](CO[C@@H]2O[C@H](C(=O)O)[C@@H](O)[C@H](O)[C@H]2NC(=O)OCc2ccccc2)[C@@H](OCc2ccccc2)[C@H](OCc2ccccc2)[C@H]1OCc1ccccc1. The molecule has 2 aliphatic rings. The lowest BCUT2D eigenvalue weighted by Crippen LogP contribution is -2.66. The summed E-state index contributed by atoms with van der Waals surface area (Å²) in [6.07, 6.45) is -12.6. The molecule has 2 saturated heterocycles. The summed E-state index contributed by atoms with van der Waals surface area (Å²) in [6.45, 7) is 0.150. The number of carbonyl (C=O) groups excluding carboxylic acids is 1. The first-order valence-corrected chi connectivity index (χ1v) is 18.3. The highest BCUT2D eigenvalue weighted by Gasteiger charge is 2.52. The van der Waals surface area contributed by atoms with E-state index in [0.29, 0.717) is 5.56 Å². The summed E-state index contributed by atoms with van der Waals surface area (Å²) in [6, 6.07) is 36.2. The number of carboxylic acids is 1. The normalized spacial score (nSPS) is 27.6. The maximum atomic E-state index is 12.9. The Balaban J connectivity index is 1.25. The van der Waals surface area contributed by atoms with Crippen LogP contribution in [0.15, 0.2) is 121 Å². The minimum Gasteiger partial charge on any atom is -0.479 e. The number of benzene rings is 4. The van der Waals surface area contributed by atoms with Gasteiger partial charge in [0.15, 0.2) is 18.7 Å². The van der Waals surface area contributed by atoms with Crippen molar-refractivity contribution in [3.63, 3.8) is 0 Å². The molecule has 2 aliphatic heterocycles. The van der Waals surface area contributed by atoms with E-state index in [2.05, 4.69) is 5.32 Å². The fourth-order valence-corrected chi connectivity index (χ4v) is 6.52. The van der Waals surface area contributed by atoms with Gasteiger partial charge in [-0.25, -0.2) is 9.59 Å². The Labute approximate surface area is 324 Å². The van der Waals surface area contributed by atoms with Gasteiger partial charge in [0.1, 0.15) is 49.3 Å². The predicted octanol–water partition coefficient (Wildman–Crippen LogP) is 3.96. The molecule has 0 aliphatic carbocycles. The number of rotatable bonds is 17. The van der Waals surface area contributed by atoms with E-state index in [4.69, 9.17) is 37.9 Å². The van der Waals surface area contributed by atoms with Crippen LogP contribution in [0.3, 0.4) is 0 Å². The summed E-state index contributed by atoms with van der Waals surface area (Å²) in [7, 11) is 1.47. The molecule has 298 valence electrons. The lowest BCUT2D eigenvalue weighted by Gasteiger charge is -2.46. The lowest BCUT2D eigenvalue weighted by atomic mass is 9.96. The first-order chi connectivity index (χ1) is 27.3. The van der Waals surface area contributed by atoms with E-state index in [9.17, 15) is 24.9 Å². The average Bonchev–Trinajstić information content (AvgIpc) is 3.23. The van der Waals surface area contributed by atoms with Crippen molar-refractivity contribution in [2.45, 2.75) is 87.8 Å². The number of carbonyl (C=O) groups is 2. The maximum Gasteiger partial charge on any atom is 0.407 e. The van der Waals surface area contributed by atoms with Crippen LogP contribution in [-0.4, -0.2) is 102 Å². The van der Waals surface area contributed by atoms with Gasteiger partial charge in [-0.3, -0.25) is 0 Å². The minimum atomic E-state index is -1.91. The molecule has 6 rings (SSSR count). The molecule has 0 saturated carbocycles. The Bertz CT molecular complexity index is 1770. The number of hydrogen-bond donors (Lipinski definition) is 4. The van der Waals surface area contributed by atoms with Gasteiger partial charge in [0.05, 0.1) is 26.4 Å². The van der Waals surface area contributed by atoms with Gasteiger partial charge < -0.3 is 58.5 Å². The van der Waals surface area contributed by atoms with Crippen LogP contribution in [0.5, 0.6) is 0 Å². The number of carboxylic acid groups (broad SMARTS) is 1. The third kappa shape index (κ3) is 11.0. The van der Waals surface area contributed by atoms with Crippen LogP contribution in [-0.2, 0) is 69.1 Å². The molecule has 1 amide bonds. The molecule has 10 atom stereocenters. The van der Waals surface area contributed by atoms with E-state index >= 15 is 0 Å². The zero-order valence-corrected chi connectivity index (χ0v) is 30.8. The maximum absolute atomic E-state index is 12.9. The topological polar surface area (TPSA) is 181 Å². The first kappa shape index (κ1) is 40.9. The third-order valence-electron chi connectivity index (χ3n) is 9.45. The fourth-order valence-electron chi connectivity index (χ4n) is 6.52. The van der Waals surface area contributed by atoms with E-state index in [1.807, 2.05) is 97.1 Å². The van der Waals surface area contributed by atoms with Crippen molar-refractivity contribution in [2.24, 2.45) is 0 Å². The Morgan fingerprint density at radius 2 is 1.05 bits per heavy atom. The van der Waals surface area contributed by atoms with Crippen LogP contribution in [0.1, 0.15) is 22.3 Å². The Morgan fingerprint density at radius 3 is 1.54 bits per heavy atom. The smallest absolute Gasteiger partial charge is 0.407 e. The molecule has 0 aromatic heterocycles. The van der Waals surface area contributed by atoms with Crippen molar-refractivity contribution >= 4 is 12.1 Å². The number of alkyl carbamates (subject to hydrolysis) is 1. The first-order valence-electron chi connectivity index (χ1n) is 18.3. The van der Waals surface area contributed by atoms with Crippen LogP contribution in [0, 0.1) is 0 Å². The minimum absolute atomic E-state index is 0.0885. The van der Waals surface area contributed by atoms with Crippen molar-refractivity contribution in [2.75, 3.05) is 13.7 Å². The summed E-state index contributed by atoms with van der Waals surface area (Å²) in [4.78, 5) is 25.0. The standard InChI is InChI=1S/C42H47NO13/c1-49-41-38(52-24-29-18-10-4-11-19-29)37(51-23-28-16-8-3-9-17-28)35(50-22-27-14-6-2-7-15-27)31(55-41)26-53-40-32(33(44)34(45)36(56-40)39(46)47)43-42(48)54-25-30-20-12-5-13-21-30/h2-21,31-38,40-41,44-45H,22-26H2,1H3,(H,43,48)(H,46,47)/t31-,32-,33-,34+,35-,36+,37+,38-,40-,41+/m1/s1. The monoisotopic (exact) mass is 773 g/mol. The second kappa shape index (κ2) is 20.4. The van der Waals surface area contributed by atoms with Crippen molar-refractivity contribution in [1.82, 2.24) is 5.32 Å². The summed E-state index contributed by atoms with van der Waals surface area (Å²) in [5, 5.41) is 34.1. The molecule has 2 fully saturated rings. The molecular formula is C42H47NO13. The van der Waals surface area contributed by atoms with E-state index < -0.39 is 73.4 Å². The number of nitrogens with one attached hydrogen (secondary N) is 1. The van der Waals surface area contributed by atoms with Gasteiger partial charge >= 0.3 is 12.1 Å². The molecule has 56 heavy (non-hydrogen) atoms. The Morgan fingerprint density at radius 1 is 0.589 bits per heavy atom. The largest absolute Gasteiger partial charge is 0.479 e. The second-order valence-corrected chi connectivity index (χ2v) is 13.4. The third-order valence-corrected chi connectivity index (χ3v) is 9.45. The molecule has 14 heteroatoms. The van der Waals surface area contributed by atoms with Crippen molar-refractivity contribution in [3.05, 3.63) is 144 Å². The molecule has 4 aromatic carbocycles. The highest BCUT2D eigenvalue weighted by Crippen LogP contribution is 2.32. The molecule has 4 aromatic rings. The number of aliphatic hydroxyl groups excluding tert-OH is 2. The van der Waals surface area contributed by atoms with Crippen LogP contribution < -0.4 is 5.32 Å². The molecule has 0 spiro atoms. The van der Waals surface area contributed by atoms with Gasteiger partial charge in [-0.15, -0.1) is 0 Å². The molecule has 0 unspecified atom stereocenters. The van der Waals surface area contributed by atoms with Crippen molar-refractivity contribution in [3.8, 4) is 0 Å². The van der Waals surface area contributed by atoms with Crippen LogP contribution in [0.2, 0.25) is 0 Å². The highest BCUT2D eigenvalue weighted by molar-refractivity contribution is 5.73. The highest BCUT2D eigenvalue weighted by atomic mass is 16.7. The van der Waals surface area contributed by atoms with Gasteiger partial charge in [0.2, 0.25) is 0 Å². The number of aliphatic hydroxyl groups is 2.